The zero-order valence-corrected chi connectivity index (χ0v) is 21.9. The first-order valence-corrected chi connectivity index (χ1v) is 15.0. The van der Waals surface area contributed by atoms with Crippen LogP contribution in [0.4, 0.5) is 0 Å². The quantitative estimate of drug-likeness (QED) is 0.398. The van der Waals surface area contributed by atoms with Gasteiger partial charge in [-0.25, -0.2) is 0 Å². The predicted octanol–water partition coefficient (Wildman–Crippen LogP) is 3.40. The zero-order chi connectivity index (χ0) is 24.9. The maximum Gasteiger partial charge on any atom is 0.266 e. The molecule has 4 fully saturated rings. The van der Waals surface area contributed by atoms with E-state index in [2.05, 4.69) is 26.1 Å². The molecule has 4 aliphatic rings. The lowest BCUT2D eigenvalue weighted by atomic mass is 9.43. The lowest BCUT2D eigenvalue weighted by molar-refractivity contribution is -0.174. The Morgan fingerprint density at radius 3 is 2.41 bits per heavy atom. The number of aliphatic hydroxyl groups excluding tert-OH is 2. The number of amides is 1. The second-order valence-corrected chi connectivity index (χ2v) is 14.2. The number of hydrogen-bond acceptors (Lipinski definition) is 5. The highest BCUT2D eigenvalue weighted by molar-refractivity contribution is 7.85. The van der Waals surface area contributed by atoms with Crippen molar-refractivity contribution in [2.45, 2.75) is 97.2 Å². The molecule has 4 N–H and O–H groups in total. The van der Waals surface area contributed by atoms with Crippen LogP contribution < -0.4 is 5.32 Å². The summed E-state index contributed by atoms with van der Waals surface area (Å²) < 4.78 is 30.5. The molecule has 34 heavy (non-hydrogen) atoms. The van der Waals surface area contributed by atoms with Crippen molar-refractivity contribution in [1.82, 2.24) is 5.32 Å². The molecule has 4 rings (SSSR count). The lowest BCUT2D eigenvalue weighted by Gasteiger charge is -2.62. The predicted molar refractivity (Wildman–Crippen MR) is 130 cm³/mol. The molecule has 7 nitrogen and oxygen atoms in total. The van der Waals surface area contributed by atoms with Crippen LogP contribution in [0.2, 0.25) is 0 Å². The van der Waals surface area contributed by atoms with Gasteiger partial charge in [-0.1, -0.05) is 20.8 Å². The van der Waals surface area contributed by atoms with E-state index in [4.69, 9.17) is 4.55 Å². The summed E-state index contributed by atoms with van der Waals surface area (Å²) in [6, 6.07) is 0. The maximum absolute atomic E-state index is 12.2. The SMILES string of the molecule is C[C@H](CCC(=O)NCCS(=O)(=O)O)[C@H]1CC[C@H]2C3[C@@H](O)CC4C[C@H](O)CC[C@]4(C)[C@H]3CC[C@]12C. The molecular weight excluding hydrogens is 454 g/mol. The van der Waals surface area contributed by atoms with Crippen molar-refractivity contribution in [2.75, 3.05) is 12.3 Å². The van der Waals surface area contributed by atoms with Crippen LogP contribution >= 0.6 is 0 Å². The summed E-state index contributed by atoms with van der Waals surface area (Å²) in [6.07, 6.45) is 8.87. The van der Waals surface area contributed by atoms with Gasteiger partial charge >= 0.3 is 0 Å². The fraction of sp³-hybridized carbons (Fsp3) is 0.962. The summed E-state index contributed by atoms with van der Waals surface area (Å²) in [6.45, 7) is 7.05. The van der Waals surface area contributed by atoms with Gasteiger partial charge in [0, 0.05) is 13.0 Å². The van der Waals surface area contributed by atoms with Crippen molar-refractivity contribution in [3.05, 3.63) is 0 Å². The molecule has 0 radical (unpaired) electrons. The van der Waals surface area contributed by atoms with Crippen LogP contribution in [0.1, 0.15) is 85.0 Å². The standard InChI is InChI=1S/C26H45NO6S/c1-16(4-7-23(30)27-12-13-34(31,32)33)19-5-6-20-24-21(9-11-26(19,20)3)25(2)10-8-18(28)14-17(25)15-22(24)29/h16-22,24,28-29H,4-15H2,1-3H3,(H,27,30)(H,31,32,33)/t16-,17?,18-,19-,20+,21+,22+,24?,25+,26-/m1/s1. The van der Waals surface area contributed by atoms with Gasteiger partial charge in [-0.15, -0.1) is 0 Å². The molecule has 4 aliphatic carbocycles. The third kappa shape index (κ3) is 4.94. The molecule has 4 saturated carbocycles. The van der Waals surface area contributed by atoms with Crippen molar-refractivity contribution in [3.8, 4) is 0 Å². The molecule has 0 bridgehead atoms. The monoisotopic (exact) mass is 499 g/mol. The minimum absolute atomic E-state index is 0.0625. The Balaban J connectivity index is 1.39. The molecular formula is C26H45NO6S. The number of nitrogens with one attached hydrogen (secondary N) is 1. The smallest absolute Gasteiger partial charge is 0.266 e. The highest BCUT2D eigenvalue weighted by Crippen LogP contribution is 2.68. The Hall–Kier alpha value is -0.700. The second kappa shape index (κ2) is 9.64. The molecule has 0 heterocycles. The van der Waals surface area contributed by atoms with Crippen LogP contribution in [0.5, 0.6) is 0 Å². The maximum atomic E-state index is 12.2. The minimum atomic E-state index is -4.06. The van der Waals surface area contributed by atoms with Gasteiger partial charge in [0.1, 0.15) is 0 Å². The first-order chi connectivity index (χ1) is 15.8. The Morgan fingerprint density at radius 2 is 1.71 bits per heavy atom. The number of hydrogen-bond donors (Lipinski definition) is 4. The average Bonchev–Trinajstić information content (AvgIpc) is 3.09. The number of carbonyl (C=O) groups excluding carboxylic acids is 1. The van der Waals surface area contributed by atoms with Crippen molar-refractivity contribution in [1.29, 1.82) is 0 Å². The van der Waals surface area contributed by atoms with Crippen LogP contribution in [0, 0.1) is 46.3 Å². The van der Waals surface area contributed by atoms with E-state index in [-0.39, 0.29) is 35.5 Å². The molecule has 0 aromatic rings. The molecule has 0 spiro atoms. The first kappa shape index (κ1) is 26.4. The number of aliphatic hydroxyl groups is 2. The molecule has 10 atom stereocenters. The average molecular weight is 500 g/mol. The van der Waals surface area contributed by atoms with Gasteiger partial charge in [0.25, 0.3) is 10.1 Å². The number of rotatable bonds is 7. The summed E-state index contributed by atoms with van der Waals surface area (Å²) in [5.74, 6) is 2.10. The lowest BCUT2D eigenvalue weighted by Crippen LogP contribution is -2.58. The van der Waals surface area contributed by atoms with E-state index >= 15 is 0 Å². The molecule has 0 saturated heterocycles. The molecule has 8 heteroatoms. The summed E-state index contributed by atoms with van der Waals surface area (Å²) in [4.78, 5) is 12.2. The van der Waals surface area contributed by atoms with Gasteiger partial charge in [0.2, 0.25) is 5.91 Å². The van der Waals surface area contributed by atoms with Gasteiger partial charge < -0.3 is 15.5 Å². The van der Waals surface area contributed by atoms with E-state index in [0.29, 0.717) is 41.9 Å². The summed E-state index contributed by atoms with van der Waals surface area (Å²) in [7, 11) is -4.06. The topological polar surface area (TPSA) is 124 Å². The van der Waals surface area contributed by atoms with E-state index in [1.807, 2.05) is 0 Å². The highest BCUT2D eigenvalue weighted by Gasteiger charge is 2.62. The third-order valence-electron chi connectivity index (χ3n) is 10.9. The van der Waals surface area contributed by atoms with Crippen LogP contribution in [-0.2, 0) is 14.9 Å². The van der Waals surface area contributed by atoms with E-state index in [1.54, 1.807) is 0 Å². The van der Waals surface area contributed by atoms with Crippen LogP contribution in [0.3, 0.4) is 0 Å². The van der Waals surface area contributed by atoms with Gasteiger partial charge in [0.05, 0.1) is 18.0 Å². The zero-order valence-electron chi connectivity index (χ0n) is 21.1. The number of fused-ring (bicyclic) bond motifs is 5. The Kier molecular flexibility index (Phi) is 7.47. The fourth-order valence-corrected chi connectivity index (χ4v) is 9.50. The summed E-state index contributed by atoms with van der Waals surface area (Å²) in [5, 5.41) is 24.2. The number of carbonyl (C=O) groups is 1. The van der Waals surface area contributed by atoms with Crippen molar-refractivity contribution < 1.29 is 28.0 Å². The second-order valence-electron chi connectivity index (χ2n) is 12.6. The largest absolute Gasteiger partial charge is 0.393 e. The molecule has 0 aromatic heterocycles. The van der Waals surface area contributed by atoms with Gasteiger partial charge in [0.15, 0.2) is 0 Å². The van der Waals surface area contributed by atoms with Crippen molar-refractivity contribution in [3.63, 3.8) is 0 Å². The third-order valence-corrected chi connectivity index (χ3v) is 11.6. The normalized spacial score (nSPS) is 45.1. The minimum Gasteiger partial charge on any atom is -0.393 e. The first-order valence-electron chi connectivity index (χ1n) is 13.4. The van der Waals surface area contributed by atoms with E-state index in [0.717, 1.165) is 51.4 Å². The summed E-state index contributed by atoms with van der Waals surface area (Å²) >= 11 is 0. The van der Waals surface area contributed by atoms with Gasteiger partial charge in [-0.05, 0) is 104 Å². The van der Waals surface area contributed by atoms with Crippen molar-refractivity contribution >= 4 is 16.0 Å². The van der Waals surface area contributed by atoms with Gasteiger partial charge in [-0.3, -0.25) is 9.35 Å². The Bertz CT molecular complexity index is 863. The molecule has 2 unspecified atom stereocenters. The molecule has 0 aromatic carbocycles. The van der Waals surface area contributed by atoms with Crippen LogP contribution in [0.15, 0.2) is 0 Å². The Labute approximate surface area is 205 Å². The molecule has 196 valence electrons. The Morgan fingerprint density at radius 1 is 1.03 bits per heavy atom. The van der Waals surface area contributed by atoms with Crippen LogP contribution in [-0.4, -0.2) is 53.6 Å². The van der Waals surface area contributed by atoms with Crippen LogP contribution in [0.25, 0.3) is 0 Å². The summed E-state index contributed by atoms with van der Waals surface area (Å²) in [5.41, 5.74) is 0.411. The highest BCUT2D eigenvalue weighted by atomic mass is 32.2. The molecule has 0 aliphatic heterocycles. The van der Waals surface area contributed by atoms with E-state index in [1.165, 1.54) is 6.42 Å². The van der Waals surface area contributed by atoms with Crippen molar-refractivity contribution in [2.24, 2.45) is 46.3 Å². The van der Waals surface area contributed by atoms with E-state index in [9.17, 15) is 23.4 Å². The molecule has 1 amide bonds. The van der Waals surface area contributed by atoms with E-state index < -0.39 is 15.9 Å². The van der Waals surface area contributed by atoms with Gasteiger partial charge in [-0.2, -0.15) is 8.42 Å². The fourth-order valence-electron chi connectivity index (χ4n) is 9.14.